The van der Waals surface area contributed by atoms with Gasteiger partial charge in [0.05, 0.1) is 7.11 Å². The molecule has 0 radical (unpaired) electrons. The number of carbonyl (C=O) groups excluding carboxylic acids is 1. The molecule has 0 aromatic carbocycles. The Labute approximate surface area is 92.3 Å². The first kappa shape index (κ1) is 10.6. The van der Waals surface area contributed by atoms with Crippen LogP contribution in [0.25, 0.3) is 11.0 Å². The number of carbonyl (C=O) groups is 1. The average Bonchev–Trinajstić information content (AvgIpc) is 2.65. The van der Waals surface area contributed by atoms with Crippen molar-refractivity contribution in [3.05, 3.63) is 30.1 Å². The van der Waals surface area contributed by atoms with Gasteiger partial charge in [-0.1, -0.05) is 0 Å². The zero-order chi connectivity index (χ0) is 11.7. The van der Waals surface area contributed by atoms with Gasteiger partial charge in [0.15, 0.2) is 6.10 Å². The number of ether oxygens (including phenoxy) is 1. The summed E-state index contributed by atoms with van der Waals surface area (Å²) in [6.07, 6.45) is 2.08. The predicted molar refractivity (Wildman–Crippen MR) is 57.7 cm³/mol. The van der Waals surface area contributed by atoms with E-state index >= 15 is 0 Å². The van der Waals surface area contributed by atoms with Crippen molar-refractivity contribution < 1.29 is 14.6 Å². The van der Waals surface area contributed by atoms with E-state index in [1.54, 1.807) is 23.0 Å². The molecule has 5 heteroatoms. The van der Waals surface area contributed by atoms with Crippen LogP contribution in [0.3, 0.4) is 0 Å². The third kappa shape index (κ3) is 1.55. The third-order valence-electron chi connectivity index (χ3n) is 2.48. The number of aryl methyl sites for hydroxylation is 1. The minimum atomic E-state index is -1.27. The van der Waals surface area contributed by atoms with Gasteiger partial charge in [-0.2, -0.15) is 0 Å². The zero-order valence-electron chi connectivity index (χ0n) is 9.04. The van der Waals surface area contributed by atoms with Gasteiger partial charge in [-0.15, -0.1) is 0 Å². The normalized spacial score (nSPS) is 12.7. The number of pyridine rings is 1. The van der Waals surface area contributed by atoms with E-state index < -0.39 is 12.1 Å². The van der Waals surface area contributed by atoms with Crippen molar-refractivity contribution in [2.24, 2.45) is 7.05 Å². The van der Waals surface area contributed by atoms with Crippen molar-refractivity contribution in [1.29, 1.82) is 0 Å². The Balaban J connectivity index is 2.57. The Bertz CT molecular complexity index is 533. The van der Waals surface area contributed by atoms with E-state index in [0.29, 0.717) is 5.56 Å². The van der Waals surface area contributed by atoms with Crippen molar-refractivity contribution in [2.75, 3.05) is 7.11 Å². The van der Waals surface area contributed by atoms with Crippen molar-refractivity contribution in [3.8, 4) is 0 Å². The van der Waals surface area contributed by atoms with E-state index in [2.05, 4.69) is 9.72 Å². The number of nitrogens with zero attached hydrogens (tertiary/aromatic N) is 2. The van der Waals surface area contributed by atoms with Crippen LogP contribution in [-0.4, -0.2) is 27.7 Å². The molecule has 0 bridgehead atoms. The van der Waals surface area contributed by atoms with Crippen LogP contribution >= 0.6 is 0 Å². The van der Waals surface area contributed by atoms with Crippen molar-refractivity contribution in [2.45, 2.75) is 6.10 Å². The fraction of sp³-hybridized carbons (Fsp3) is 0.273. The Morgan fingerprint density at radius 1 is 1.62 bits per heavy atom. The topological polar surface area (TPSA) is 64.3 Å². The molecule has 0 fully saturated rings. The number of hydrogen-bond acceptors (Lipinski definition) is 4. The van der Waals surface area contributed by atoms with Gasteiger partial charge in [0.25, 0.3) is 0 Å². The van der Waals surface area contributed by atoms with Crippen LogP contribution in [0.5, 0.6) is 0 Å². The van der Waals surface area contributed by atoms with Crippen molar-refractivity contribution in [3.63, 3.8) is 0 Å². The van der Waals surface area contributed by atoms with Crippen LogP contribution in [0.4, 0.5) is 0 Å². The van der Waals surface area contributed by atoms with Gasteiger partial charge >= 0.3 is 5.97 Å². The molecule has 0 amide bonds. The predicted octanol–water partition coefficient (Wildman–Crippen LogP) is 0.780. The molecular formula is C11H12N2O3. The fourth-order valence-corrected chi connectivity index (χ4v) is 1.70. The summed E-state index contributed by atoms with van der Waals surface area (Å²) in [5.74, 6) is -0.670. The quantitative estimate of drug-likeness (QED) is 0.759. The van der Waals surface area contributed by atoms with Gasteiger partial charge < -0.3 is 14.4 Å². The number of esters is 1. The summed E-state index contributed by atoms with van der Waals surface area (Å²) in [6.45, 7) is 0. The number of fused-ring (bicyclic) bond motifs is 1. The van der Waals surface area contributed by atoms with E-state index in [1.807, 2.05) is 13.1 Å². The summed E-state index contributed by atoms with van der Waals surface area (Å²) in [4.78, 5) is 15.4. The second-order valence-corrected chi connectivity index (χ2v) is 3.50. The first-order valence-electron chi connectivity index (χ1n) is 4.81. The third-order valence-corrected chi connectivity index (χ3v) is 2.48. The number of aliphatic hydroxyl groups is 1. The van der Waals surface area contributed by atoms with Gasteiger partial charge in [-0.05, 0) is 12.1 Å². The summed E-state index contributed by atoms with van der Waals surface area (Å²) in [5, 5.41) is 10.5. The average molecular weight is 220 g/mol. The maximum absolute atomic E-state index is 11.3. The van der Waals surface area contributed by atoms with Crippen LogP contribution in [0.15, 0.2) is 24.5 Å². The molecule has 0 aliphatic carbocycles. The molecule has 5 nitrogen and oxygen atoms in total. The van der Waals surface area contributed by atoms with Crippen LogP contribution in [0.1, 0.15) is 11.7 Å². The lowest BCUT2D eigenvalue weighted by Gasteiger charge is -2.06. The summed E-state index contributed by atoms with van der Waals surface area (Å²) < 4.78 is 6.27. The molecule has 0 spiro atoms. The van der Waals surface area contributed by atoms with Crippen molar-refractivity contribution >= 4 is 17.0 Å². The molecular weight excluding hydrogens is 208 g/mol. The molecule has 1 atom stereocenters. The highest BCUT2D eigenvalue weighted by Crippen LogP contribution is 2.25. The smallest absolute Gasteiger partial charge is 0.339 e. The minimum absolute atomic E-state index is 0.512. The van der Waals surface area contributed by atoms with Crippen molar-refractivity contribution in [1.82, 2.24) is 9.55 Å². The van der Waals surface area contributed by atoms with Gasteiger partial charge in [0.1, 0.15) is 5.65 Å². The maximum Gasteiger partial charge on any atom is 0.339 e. The minimum Gasteiger partial charge on any atom is -0.467 e. The molecule has 0 saturated carbocycles. The molecule has 84 valence electrons. The second-order valence-electron chi connectivity index (χ2n) is 3.50. The maximum atomic E-state index is 11.3. The lowest BCUT2D eigenvalue weighted by Crippen LogP contribution is -2.13. The Morgan fingerprint density at radius 3 is 3.06 bits per heavy atom. The standard InChI is InChI=1S/C11H12N2O3/c1-13-6-8(9(14)11(15)16-2)7-4-3-5-12-10(7)13/h3-6,9,14H,1-2H3. The fourth-order valence-electron chi connectivity index (χ4n) is 1.70. The van der Waals surface area contributed by atoms with E-state index in [4.69, 9.17) is 0 Å². The summed E-state index contributed by atoms with van der Waals surface area (Å²) in [6, 6.07) is 3.57. The Hall–Kier alpha value is -1.88. The van der Waals surface area contributed by atoms with Gasteiger partial charge in [-0.3, -0.25) is 0 Å². The zero-order valence-corrected chi connectivity index (χ0v) is 9.04. The van der Waals surface area contributed by atoms with Gasteiger partial charge in [0, 0.05) is 30.4 Å². The molecule has 2 rings (SSSR count). The lowest BCUT2D eigenvalue weighted by molar-refractivity contribution is -0.150. The number of aromatic nitrogens is 2. The Kier molecular flexibility index (Phi) is 2.62. The first-order valence-corrected chi connectivity index (χ1v) is 4.81. The summed E-state index contributed by atoms with van der Waals surface area (Å²) in [5.41, 5.74) is 1.23. The molecule has 0 aliphatic heterocycles. The highest BCUT2D eigenvalue weighted by molar-refractivity contribution is 5.87. The van der Waals surface area contributed by atoms with Gasteiger partial charge in [0.2, 0.25) is 0 Å². The van der Waals surface area contributed by atoms with Crippen LogP contribution in [0.2, 0.25) is 0 Å². The highest BCUT2D eigenvalue weighted by Gasteiger charge is 2.22. The monoisotopic (exact) mass is 220 g/mol. The SMILES string of the molecule is COC(=O)C(O)c1cn(C)c2ncccc12. The summed E-state index contributed by atoms with van der Waals surface area (Å²) >= 11 is 0. The van der Waals surface area contributed by atoms with Crippen LogP contribution < -0.4 is 0 Å². The summed E-state index contributed by atoms with van der Waals surface area (Å²) in [7, 11) is 3.05. The molecule has 16 heavy (non-hydrogen) atoms. The van der Waals surface area contributed by atoms with E-state index in [1.165, 1.54) is 7.11 Å². The van der Waals surface area contributed by atoms with Crippen LogP contribution in [0, 0.1) is 0 Å². The Morgan fingerprint density at radius 2 is 2.38 bits per heavy atom. The molecule has 0 saturated heterocycles. The molecule has 2 aromatic rings. The van der Waals surface area contributed by atoms with Crippen LogP contribution in [-0.2, 0) is 16.6 Å². The van der Waals surface area contributed by atoms with E-state index in [0.717, 1.165) is 11.0 Å². The van der Waals surface area contributed by atoms with Gasteiger partial charge in [-0.25, -0.2) is 9.78 Å². The van der Waals surface area contributed by atoms with E-state index in [-0.39, 0.29) is 0 Å². The van der Waals surface area contributed by atoms with E-state index in [9.17, 15) is 9.90 Å². The largest absolute Gasteiger partial charge is 0.467 e. The molecule has 2 heterocycles. The number of hydrogen-bond donors (Lipinski definition) is 1. The molecule has 0 aliphatic rings. The molecule has 1 N–H and O–H groups in total. The second kappa shape index (κ2) is 3.94. The molecule has 1 unspecified atom stereocenters. The lowest BCUT2D eigenvalue weighted by atomic mass is 10.1. The number of methoxy groups -OCH3 is 1. The molecule has 2 aromatic heterocycles. The first-order chi connectivity index (χ1) is 7.65. The number of rotatable bonds is 2. The highest BCUT2D eigenvalue weighted by atomic mass is 16.5. The number of aliphatic hydroxyl groups excluding tert-OH is 1.